The Bertz CT molecular complexity index is 352. The quantitative estimate of drug-likeness (QED) is 0.792. The summed E-state index contributed by atoms with van der Waals surface area (Å²) in [6.07, 6.45) is 0.670. The molecular formula is C14H26N2O4. The van der Waals surface area contributed by atoms with Crippen LogP contribution in [0.15, 0.2) is 0 Å². The monoisotopic (exact) mass is 286 g/mol. The van der Waals surface area contributed by atoms with Crippen molar-refractivity contribution in [1.82, 2.24) is 4.90 Å². The minimum atomic E-state index is -0.498. The van der Waals surface area contributed by atoms with Crippen LogP contribution in [0.4, 0.5) is 4.79 Å². The van der Waals surface area contributed by atoms with Gasteiger partial charge < -0.3 is 20.1 Å². The fourth-order valence-corrected chi connectivity index (χ4v) is 2.21. The van der Waals surface area contributed by atoms with E-state index in [1.807, 2.05) is 20.8 Å². The highest BCUT2D eigenvalue weighted by molar-refractivity contribution is 5.70. The van der Waals surface area contributed by atoms with Crippen LogP contribution in [-0.2, 0) is 14.3 Å². The molecule has 2 atom stereocenters. The molecule has 0 bridgehead atoms. The van der Waals surface area contributed by atoms with Crippen LogP contribution in [0.2, 0.25) is 0 Å². The van der Waals surface area contributed by atoms with Crippen LogP contribution in [0.3, 0.4) is 0 Å². The topological polar surface area (TPSA) is 81.9 Å². The summed E-state index contributed by atoms with van der Waals surface area (Å²) in [5.41, 5.74) is 5.52. The van der Waals surface area contributed by atoms with E-state index in [4.69, 9.17) is 15.2 Å². The van der Waals surface area contributed by atoms with Gasteiger partial charge in [0, 0.05) is 19.1 Å². The molecule has 6 nitrogen and oxygen atoms in total. The van der Waals surface area contributed by atoms with E-state index in [1.54, 1.807) is 11.8 Å². The number of hydrogen-bond donors (Lipinski definition) is 1. The zero-order chi connectivity index (χ0) is 15.3. The number of carbonyl (C=O) groups is 2. The number of likely N-dealkylation sites (tertiary alicyclic amines) is 1. The van der Waals surface area contributed by atoms with Crippen molar-refractivity contribution in [3.05, 3.63) is 0 Å². The number of ether oxygens (including phenoxy) is 2. The maximum atomic E-state index is 11.9. The van der Waals surface area contributed by atoms with Gasteiger partial charge in [-0.25, -0.2) is 4.79 Å². The maximum Gasteiger partial charge on any atom is 0.410 e. The zero-order valence-corrected chi connectivity index (χ0v) is 12.8. The summed E-state index contributed by atoms with van der Waals surface area (Å²) in [7, 11) is 0. The minimum Gasteiger partial charge on any atom is -0.466 e. The Balaban J connectivity index is 2.42. The van der Waals surface area contributed by atoms with E-state index in [-0.39, 0.29) is 30.4 Å². The second kappa shape index (κ2) is 6.92. The number of esters is 1. The standard InChI is InChI=1S/C14H26N2O4/c1-5-19-12(17)8-11(15)10-6-7-16(9-10)13(18)20-14(2,3)4/h10-11H,5-9,15H2,1-4H3/t10-,11+/m0/s1. The molecule has 0 aliphatic carbocycles. The normalized spacial score (nSPS) is 20.6. The lowest BCUT2D eigenvalue weighted by atomic mass is 9.97. The second-order valence-electron chi connectivity index (χ2n) is 6.15. The Morgan fingerprint density at radius 1 is 1.40 bits per heavy atom. The van der Waals surface area contributed by atoms with Gasteiger partial charge in [0.2, 0.25) is 0 Å². The summed E-state index contributed by atoms with van der Waals surface area (Å²) in [6, 6.07) is -0.276. The lowest BCUT2D eigenvalue weighted by Gasteiger charge is -2.25. The number of carbonyl (C=O) groups excluding carboxylic acids is 2. The van der Waals surface area contributed by atoms with E-state index in [0.717, 1.165) is 6.42 Å². The highest BCUT2D eigenvalue weighted by Gasteiger charge is 2.33. The van der Waals surface area contributed by atoms with Crippen LogP contribution in [-0.4, -0.2) is 48.3 Å². The van der Waals surface area contributed by atoms with Gasteiger partial charge in [0.1, 0.15) is 5.60 Å². The number of amides is 1. The molecule has 0 saturated carbocycles. The van der Waals surface area contributed by atoms with E-state index >= 15 is 0 Å². The highest BCUT2D eigenvalue weighted by atomic mass is 16.6. The largest absolute Gasteiger partial charge is 0.466 e. The second-order valence-corrected chi connectivity index (χ2v) is 6.15. The van der Waals surface area contributed by atoms with Gasteiger partial charge in [-0.1, -0.05) is 0 Å². The van der Waals surface area contributed by atoms with Gasteiger partial charge in [-0.15, -0.1) is 0 Å². The Kier molecular flexibility index (Phi) is 5.80. The predicted octanol–water partition coefficient (Wildman–Crippen LogP) is 1.52. The van der Waals surface area contributed by atoms with E-state index in [9.17, 15) is 9.59 Å². The first-order valence-electron chi connectivity index (χ1n) is 7.12. The third kappa shape index (κ3) is 5.36. The summed E-state index contributed by atoms with van der Waals surface area (Å²) in [4.78, 5) is 25.0. The zero-order valence-electron chi connectivity index (χ0n) is 12.8. The van der Waals surface area contributed by atoms with E-state index in [2.05, 4.69) is 0 Å². The molecule has 1 rings (SSSR count). The molecule has 20 heavy (non-hydrogen) atoms. The molecule has 1 amide bonds. The number of nitrogens with zero attached hydrogens (tertiary/aromatic N) is 1. The predicted molar refractivity (Wildman–Crippen MR) is 75.1 cm³/mol. The van der Waals surface area contributed by atoms with Gasteiger partial charge in [0.25, 0.3) is 0 Å². The van der Waals surface area contributed by atoms with Crippen molar-refractivity contribution in [3.8, 4) is 0 Å². The van der Waals surface area contributed by atoms with Crippen molar-refractivity contribution >= 4 is 12.1 Å². The van der Waals surface area contributed by atoms with Crippen LogP contribution in [0.1, 0.15) is 40.5 Å². The van der Waals surface area contributed by atoms with Crippen molar-refractivity contribution in [2.75, 3.05) is 19.7 Å². The number of rotatable bonds is 4. The minimum absolute atomic E-state index is 0.118. The fourth-order valence-electron chi connectivity index (χ4n) is 2.21. The van der Waals surface area contributed by atoms with Gasteiger partial charge >= 0.3 is 12.1 Å². The third-order valence-electron chi connectivity index (χ3n) is 3.19. The summed E-state index contributed by atoms with van der Waals surface area (Å²) >= 11 is 0. The van der Waals surface area contributed by atoms with E-state index in [1.165, 1.54) is 0 Å². The number of nitrogens with two attached hydrogens (primary N) is 1. The molecule has 1 aliphatic heterocycles. The Labute approximate surface area is 120 Å². The highest BCUT2D eigenvalue weighted by Crippen LogP contribution is 2.22. The first-order chi connectivity index (χ1) is 9.23. The molecule has 1 heterocycles. The third-order valence-corrected chi connectivity index (χ3v) is 3.19. The summed E-state index contributed by atoms with van der Waals surface area (Å²) in [5, 5.41) is 0. The van der Waals surface area contributed by atoms with Crippen molar-refractivity contribution in [1.29, 1.82) is 0 Å². The summed E-state index contributed by atoms with van der Waals surface area (Å²) in [5.74, 6) is -0.164. The lowest BCUT2D eigenvalue weighted by molar-refractivity contribution is -0.143. The number of hydrogen-bond acceptors (Lipinski definition) is 5. The molecule has 116 valence electrons. The molecule has 0 spiro atoms. The van der Waals surface area contributed by atoms with Crippen molar-refractivity contribution in [2.45, 2.75) is 52.2 Å². The average molecular weight is 286 g/mol. The van der Waals surface area contributed by atoms with Crippen molar-refractivity contribution in [2.24, 2.45) is 11.7 Å². The molecule has 0 aromatic carbocycles. The van der Waals surface area contributed by atoms with Crippen molar-refractivity contribution in [3.63, 3.8) is 0 Å². The van der Waals surface area contributed by atoms with Crippen LogP contribution < -0.4 is 5.73 Å². The van der Waals surface area contributed by atoms with E-state index < -0.39 is 5.60 Å². The molecule has 0 unspecified atom stereocenters. The smallest absolute Gasteiger partial charge is 0.410 e. The first-order valence-corrected chi connectivity index (χ1v) is 7.12. The van der Waals surface area contributed by atoms with Gasteiger partial charge in [0.05, 0.1) is 13.0 Å². The van der Waals surface area contributed by atoms with Crippen LogP contribution in [0, 0.1) is 5.92 Å². The molecule has 2 N–H and O–H groups in total. The molecular weight excluding hydrogens is 260 g/mol. The fraction of sp³-hybridized carbons (Fsp3) is 0.857. The van der Waals surface area contributed by atoms with Gasteiger partial charge in [-0.05, 0) is 40.0 Å². The average Bonchev–Trinajstić information content (AvgIpc) is 2.75. The van der Waals surface area contributed by atoms with Gasteiger partial charge in [-0.2, -0.15) is 0 Å². The Morgan fingerprint density at radius 3 is 2.60 bits per heavy atom. The summed E-state index contributed by atoms with van der Waals surface area (Å²) < 4.78 is 10.2. The molecule has 0 aromatic heterocycles. The van der Waals surface area contributed by atoms with Gasteiger partial charge in [0.15, 0.2) is 0 Å². The molecule has 6 heteroatoms. The first kappa shape index (κ1) is 16.8. The molecule has 1 fully saturated rings. The van der Waals surface area contributed by atoms with Crippen LogP contribution >= 0.6 is 0 Å². The van der Waals surface area contributed by atoms with Crippen molar-refractivity contribution < 1.29 is 19.1 Å². The lowest BCUT2D eigenvalue weighted by Crippen LogP contribution is -2.38. The Hall–Kier alpha value is -1.30. The maximum absolute atomic E-state index is 11.9. The van der Waals surface area contributed by atoms with Gasteiger partial charge in [-0.3, -0.25) is 4.79 Å². The van der Waals surface area contributed by atoms with Crippen LogP contribution in [0.25, 0.3) is 0 Å². The van der Waals surface area contributed by atoms with Crippen LogP contribution in [0.5, 0.6) is 0 Å². The Morgan fingerprint density at radius 2 is 2.05 bits per heavy atom. The molecule has 1 aliphatic rings. The molecule has 0 radical (unpaired) electrons. The SMILES string of the molecule is CCOC(=O)C[C@@H](N)[C@H]1CCN(C(=O)OC(C)(C)C)C1. The summed E-state index contributed by atoms with van der Waals surface area (Å²) in [6.45, 7) is 8.80. The van der Waals surface area contributed by atoms with E-state index in [0.29, 0.717) is 19.7 Å². The molecule has 0 aromatic rings. The molecule has 1 saturated heterocycles.